The summed E-state index contributed by atoms with van der Waals surface area (Å²) in [6.07, 6.45) is -5.56. The van der Waals surface area contributed by atoms with Crippen LogP contribution in [0.15, 0.2) is 41.6 Å². The highest BCUT2D eigenvalue weighted by Gasteiger charge is 2.62. The Kier molecular flexibility index (Phi) is 5.00. The Morgan fingerprint density at radius 1 is 1.21 bits per heavy atom. The third-order valence-electron chi connectivity index (χ3n) is 4.22. The Labute approximate surface area is 166 Å². The molecule has 0 aliphatic carbocycles. The molecule has 144 valence electrons. The van der Waals surface area contributed by atoms with Gasteiger partial charge in [-0.25, -0.2) is 4.79 Å². The maximum Gasteiger partial charge on any atom is 0.435 e. The molecule has 3 rings (SSSR count). The highest BCUT2D eigenvalue weighted by atomic mass is 35.5. The number of carboxylic acids is 1. The van der Waals surface area contributed by atoms with E-state index in [0.717, 1.165) is 24.3 Å². The molecule has 0 aromatic heterocycles. The molecule has 0 saturated heterocycles. The topological polar surface area (TPSA) is 82.7 Å². The highest BCUT2D eigenvalue weighted by Crippen LogP contribution is 2.49. The van der Waals surface area contributed by atoms with Gasteiger partial charge >= 0.3 is 12.1 Å². The number of halogens is 5. The first kappa shape index (κ1) is 20.0. The summed E-state index contributed by atoms with van der Waals surface area (Å²) in [5.74, 6) is -1.33. The fourth-order valence-electron chi connectivity index (χ4n) is 2.85. The molecule has 1 unspecified atom stereocenters. The minimum atomic E-state index is -4.86. The molecule has 10 heteroatoms. The van der Waals surface area contributed by atoms with Gasteiger partial charge in [-0.15, -0.1) is 0 Å². The average Bonchev–Trinajstić information content (AvgIpc) is 3.07. The summed E-state index contributed by atoms with van der Waals surface area (Å²) in [7, 11) is 0. The van der Waals surface area contributed by atoms with Crippen molar-refractivity contribution in [2.24, 2.45) is 5.16 Å². The molecule has 0 radical (unpaired) electrons. The molecule has 0 saturated carbocycles. The lowest BCUT2D eigenvalue weighted by Gasteiger charge is -2.29. The first-order chi connectivity index (χ1) is 13.1. The van der Waals surface area contributed by atoms with Crippen molar-refractivity contribution in [3.05, 3.63) is 68.7 Å². The number of oxime groups is 1. The van der Waals surface area contributed by atoms with E-state index >= 15 is 0 Å². The summed E-state index contributed by atoms with van der Waals surface area (Å²) < 4.78 is 41.9. The zero-order valence-electron chi connectivity index (χ0n) is 13.7. The van der Waals surface area contributed by atoms with E-state index in [4.69, 9.17) is 38.4 Å². The Bertz CT molecular complexity index is 1030. The molecule has 1 N–H and O–H groups in total. The first-order valence-corrected chi connectivity index (χ1v) is 8.39. The lowest BCUT2D eigenvalue weighted by molar-refractivity contribution is -0.275. The van der Waals surface area contributed by atoms with Crippen LogP contribution in [-0.4, -0.2) is 23.0 Å². The number of nitrogens with zero attached hydrogens (tertiary/aromatic N) is 2. The van der Waals surface area contributed by atoms with Crippen molar-refractivity contribution in [3.8, 4) is 6.07 Å². The molecule has 2 aromatic carbocycles. The highest BCUT2D eigenvalue weighted by molar-refractivity contribution is 6.34. The van der Waals surface area contributed by atoms with Gasteiger partial charge < -0.3 is 9.94 Å². The van der Waals surface area contributed by atoms with Crippen molar-refractivity contribution in [2.45, 2.75) is 18.2 Å². The smallest absolute Gasteiger partial charge is 0.435 e. The summed E-state index contributed by atoms with van der Waals surface area (Å²) in [6, 6.07) is 8.73. The zero-order chi connectivity index (χ0) is 20.7. The molecule has 0 amide bonds. The van der Waals surface area contributed by atoms with Crippen molar-refractivity contribution in [2.75, 3.05) is 0 Å². The van der Waals surface area contributed by atoms with Gasteiger partial charge in [-0.3, -0.25) is 0 Å². The first-order valence-electron chi connectivity index (χ1n) is 7.63. The van der Waals surface area contributed by atoms with Crippen LogP contribution in [-0.2, 0) is 10.4 Å². The number of aromatic carboxylic acids is 1. The number of hydrogen-bond acceptors (Lipinski definition) is 4. The normalized spacial score (nSPS) is 18.9. The van der Waals surface area contributed by atoms with Crippen LogP contribution in [0.2, 0.25) is 10.0 Å². The van der Waals surface area contributed by atoms with Gasteiger partial charge in [-0.05, 0) is 30.3 Å². The van der Waals surface area contributed by atoms with E-state index < -0.39 is 24.2 Å². The Hall–Kier alpha value is -2.76. The van der Waals surface area contributed by atoms with E-state index in [1.807, 2.05) is 0 Å². The molecular formula is C18H9Cl2F3N2O3. The van der Waals surface area contributed by atoms with Crippen LogP contribution in [0.25, 0.3) is 0 Å². The number of hydrogen-bond donors (Lipinski definition) is 1. The van der Waals surface area contributed by atoms with Gasteiger partial charge in [-0.1, -0.05) is 34.4 Å². The fourth-order valence-corrected chi connectivity index (χ4v) is 3.37. The Morgan fingerprint density at radius 3 is 2.39 bits per heavy atom. The quantitative estimate of drug-likeness (QED) is 0.732. The molecule has 0 spiro atoms. The summed E-state index contributed by atoms with van der Waals surface area (Å²) >= 11 is 11.7. The summed E-state index contributed by atoms with van der Waals surface area (Å²) in [5.41, 5.74) is -3.56. The van der Waals surface area contributed by atoms with Gasteiger partial charge in [0.1, 0.15) is 6.07 Å². The van der Waals surface area contributed by atoms with E-state index in [-0.39, 0.29) is 38.0 Å². The van der Waals surface area contributed by atoms with Crippen LogP contribution < -0.4 is 0 Å². The summed E-state index contributed by atoms with van der Waals surface area (Å²) in [5, 5.41) is 21.7. The van der Waals surface area contributed by atoms with Gasteiger partial charge in [0.05, 0.1) is 16.8 Å². The van der Waals surface area contributed by atoms with Gasteiger partial charge in [0, 0.05) is 27.6 Å². The van der Waals surface area contributed by atoms with E-state index in [1.165, 1.54) is 12.1 Å². The number of nitriles is 1. The van der Waals surface area contributed by atoms with Crippen LogP contribution in [0, 0.1) is 11.3 Å². The minimum Gasteiger partial charge on any atom is -0.478 e. The van der Waals surface area contributed by atoms with E-state index in [2.05, 4.69) is 5.16 Å². The van der Waals surface area contributed by atoms with Crippen LogP contribution in [0.1, 0.15) is 33.5 Å². The Morgan fingerprint density at radius 2 is 1.86 bits per heavy atom. The van der Waals surface area contributed by atoms with Crippen LogP contribution in [0.4, 0.5) is 13.2 Å². The molecule has 1 heterocycles. The number of carbonyl (C=O) groups is 1. The lowest BCUT2D eigenvalue weighted by Crippen LogP contribution is -2.42. The predicted molar refractivity (Wildman–Crippen MR) is 94.6 cm³/mol. The van der Waals surface area contributed by atoms with E-state index in [0.29, 0.717) is 0 Å². The largest absolute Gasteiger partial charge is 0.478 e. The third kappa shape index (κ3) is 3.39. The van der Waals surface area contributed by atoms with Crippen molar-refractivity contribution in [1.82, 2.24) is 0 Å². The van der Waals surface area contributed by atoms with Crippen molar-refractivity contribution in [1.29, 1.82) is 5.26 Å². The second-order valence-corrected chi connectivity index (χ2v) is 6.84. The SMILES string of the molecule is N#Cc1cc(C2=NOC(c3cc(Cl)cc(Cl)c3)(C(F)(F)F)C2)ccc1C(=O)O. The standard InChI is InChI=1S/C18H9Cl2F3N2O3/c19-12-4-11(5-13(20)6-12)17(18(21,22)23)7-15(25-28-17)9-1-2-14(16(26)27)10(3-9)8-24/h1-6H,7H2,(H,26,27). The molecule has 1 aliphatic heterocycles. The molecule has 0 bridgehead atoms. The predicted octanol–water partition coefficient (Wildman–Crippen LogP) is 5.15. The second kappa shape index (κ2) is 7.00. The van der Waals surface area contributed by atoms with Crippen LogP contribution >= 0.6 is 23.2 Å². The fraction of sp³-hybridized carbons (Fsp3) is 0.167. The number of carboxylic acid groups (broad SMARTS) is 1. The third-order valence-corrected chi connectivity index (χ3v) is 4.65. The van der Waals surface area contributed by atoms with Crippen LogP contribution in [0.3, 0.4) is 0 Å². The molecule has 28 heavy (non-hydrogen) atoms. The maximum atomic E-state index is 14.0. The average molecular weight is 429 g/mol. The monoisotopic (exact) mass is 428 g/mol. The minimum absolute atomic E-state index is 0.000697. The van der Waals surface area contributed by atoms with E-state index in [9.17, 15) is 18.0 Å². The van der Waals surface area contributed by atoms with Gasteiger partial charge in [-0.2, -0.15) is 18.4 Å². The molecule has 0 fully saturated rings. The lowest BCUT2D eigenvalue weighted by atomic mass is 9.86. The number of rotatable bonds is 3. The second-order valence-electron chi connectivity index (χ2n) is 5.97. The zero-order valence-corrected chi connectivity index (χ0v) is 15.2. The number of benzene rings is 2. The van der Waals surface area contributed by atoms with Gasteiger partial charge in [0.15, 0.2) is 0 Å². The van der Waals surface area contributed by atoms with E-state index in [1.54, 1.807) is 6.07 Å². The van der Waals surface area contributed by atoms with Crippen molar-refractivity contribution >= 4 is 34.9 Å². The Balaban J connectivity index is 2.05. The van der Waals surface area contributed by atoms with Crippen molar-refractivity contribution < 1.29 is 27.9 Å². The molecule has 1 aliphatic rings. The van der Waals surface area contributed by atoms with Crippen LogP contribution in [0.5, 0.6) is 0 Å². The van der Waals surface area contributed by atoms with Crippen molar-refractivity contribution in [3.63, 3.8) is 0 Å². The molecule has 2 aromatic rings. The number of alkyl halides is 3. The molecule has 5 nitrogen and oxygen atoms in total. The molecule has 1 atom stereocenters. The maximum absolute atomic E-state index is 14.0. The summed E-state index contributed by atoms with van der Waals surface area (Å²) in [4.78, 5) is 16.0. The van der Waals surface area contributed by atoms with Gasteiger partial charge in [0.25, 0.3) is 5.60 Å². The molecular weight excluding hydrogens is 420 g/mol. The summed E-state index contributed by atoms with van der Waals surface area (Å²) in [6.45, 7) is 0. The van der Waals surface area contributed by atoms with Gasteiger partial charge in [0.2, 0.25) is 0 Å².